The van der Waals surface area contributed by atoms with Crippen LogP contribution in [-0.2, 0) is 0 Å². The molecule has 1 heterocycles. The molecule has 106 valence electrons. The fraction of sp³-hybridized carbons (Fsp3) is 0.417. The van der Waals surface area contributed by atoms with E-state index in [2.05, 4.69) is 15.9 Å². The van der Waals surface area contributed by atoms with Crippen molar-refractivity contribution in [3.63, 3.8) is 0 Å². The van der Waals surface area contributed by atoms with E-state index in [1.807, 2.05) is 0 Å². The normalized spacial score (nSPS) is 18.9. The van der Waals surface area contributed by atoms with Gasteiger partial charge in [-0.1, -0.05) is 0 Å². The minimum absolute atomic E-state index is 0. The minimum atomic E-state index is -0.862. The molecule has 0 aliphatic carbocycles. The topological polar surface area (TPSA) is 46.3 Å². The number of carbonyl (C=O) groups excluding carboxylic acids is 1. The van der Waals surface area contributed by atoms with Gasteiger partial charge < -0.3 is 10.6 Å². The molecule has 0 radical (unpaired) electrons. The Morgan fingerprint density at radius 1 is 1.42 bits per heavy atom. The number of halogens is 4. The Morgan fingerprint density at radius 3 is 2.74 bits per heavy atom. The molecular weight excluding hydrogens is 341 g/mol. The van der Waals surface area contributed by atoms with E-state index in [1.165, 1.54) is 11.0 Å². The minimum Gasteiger partial charge on any atom is -0.337 e. The maximum atomic E-state index is 13.8. The van der Waals surface area contributed by atoms with Crippen molar-refractivity contribution >= 4 is 34.2 Å². The molecule has 1 aliphatic rings. The Balaban J connectivity index is 0.00000180. The zero-order valence-electron chi connectivity index (χ0n) is 10.0. The first-order valence-electron chi connectivity index (χ1n) is 5.69. The highest BCUT2D eigenvalue weighted by Crippen LogP contribution is 2.24. The number of hydrogen-bond acceptors (Lipinski definition) is 2. The van der Waals surface area contributed by atoms with Gasteiger partial charge in [0.2, 0.25) is 0 Å². The first kappa shape index (κ1) is 16.3. The molecule has 1 aromatic rings. The third-order valence-corrected chi connectivity index (χ3v) is 3.62. The number of carbonyl (C=O) groups is 1. The van der Waals surface area contributed by atoms with Gasteiger partial charge >= 0.3 is 0 Å². The Morgan fingerprint density at radius 2 is 2.11 bits per heavy atom. The van der Waals surface area contributed by atoms with Gasteiger partial charge in [0.05, 0.1) is 4.47 Å². The molecular formula is C12H14BrClF2N2O. The van der Waals surface area contributed by atoms with Crippen LogP contribution in [-0.4, -0.2) is 29.9 Å². The molecule has 2 rings (SSSR count). The van der Waals surface area contributed by atoms with Crippen LogP contribution in [0.5, 0.6) is 0 Å². The van der Waals surface area contributed by atoms with Gasteiger partial charge in [-0.3, -0.25) is 4.79 Å². The second kappa shape index (κ2) is 6.63. The molecule has 1 atom stereocenters. The predicted molar refractivity (Wildman–Crippen MR) is 74.4 cm³/mol. The van der Waals surface area contributed by atoms with Gasteiger partial charge in [0.1, 0.15) is 11.4 Å². The monoisotopic (exact) mass is 354 g/mol. The van der Waals surface area contributed by atoms with Gasteiger partial charge in [-0.15, -0.1) is 12.4 Å². The number of hydrogen-bond donors (Lipinski definition) is 1. The molecule has 0 unspecified atom stereocenters. The number of amides is 1. The summed E-state index contributed by atoms with van der Waals surface area (Å²) in [5.74, 6) is -2.35. The fourth-order valence-corrected chi connectivity index (χ4v) is 2.41. The number of rotatable bonds is 1. The SMILES string of the molecule is Cl.N[C@H]1CCCN(C(=O)c2c(F)ccc(Br)c2F)C1. The highest BCUT2D eigenvalue weighted by atomic mass is 79.9. The first-order valence-corrected chi connectivity index (χ1v) is 6.48. The number of likely N-dealkylation sites (tertiary alicyclic amines) is 1. The van der Waals surface area contributed by atoms with Gasteiger partial charge in [0.15, 0.2) is 5.82 Å². The van der Waals surface area contributed by atoms with Crippen LogP contribution in [0.15, 0.2) is 16.6 Å². The van der Waals surface area contributed by atoms with E-state index in [4.69, 9.17) is 5.73 Å². The maximum Gasteiger partial charge on any atom is 0.259 e. The van der Waals surface area contributed by atoms with Crippen LogP contribution in [0.4, 0.5) is 8.78 Å². The van der Waals surface area contributed by atoms with Gasteiger partial charge in [0, 0.05) is 19.1 Å². The summed E-state index contributed by atoms with van der Waals surface area (Å²) in [6.07, 6.45) is 1.58. The summed E-state index contributed by atoms with van der Waals surface area (Å²) < 4.78 is 27.5. The van der Waals surface area contributed by atoms with E-state index in [1.54, 1.807) is 0 Å². The van der Waals surface area contributed by atoms with Crippen LogP contribution < -0.4 is 5.73 Å². The summed E-state index contributed by atoms with van der Waals surface area (Å²) in [4.78, 5) is 13.5. The average molecular weight is 356 g/mol. The second-order valence-corrected chi connectivity index (χ2v) is 5.23. The van der Waals surface area contributed by atoms with Crippen LogP contribution in [0.25, 0.3) is 0 Å². The molecule has 1 saturated heterocycles. The standard InChI is InChI=1S/C12H13BrF2N2O.ClH/c13-8-3-4-9(14)10(11(8)15)12(18)17-5-1-2-7(16)6-17;/h3-4,7H,1-2,5-6,16H2;1H/t7-;/m0./s1. The lowest BCUT2D eigenvalue weighted by atomic mass is 10.0. The maximum absolute atomic E-state index is 13.8. The average Bonchev–Trinajstić information content (AvgIpc) is 2.34. The molecule has 3 nitrogen and oxygen atoms in total. The van der Waals surface area contributed by atoms with Gasteiger partial charge in [0.25, 0.3) is 5.91 Å². The molecule has 0 spiro atoms. The molecule has 1 aromatic carbocycles. The number of piperidine rings is 1. The van der Waals surface area contributed by atoms with E-state index in [-0.39, 0.29) is 22.9 Å². The van der Waals surface area contributed by atoms with Crippen molar-refractivity contribution in [1.29, 1.82) is 0 Å². The van der Waals surface area contributed by atoms with Crippen molar-refractivity contribution < 1.29 is 13.6 Å². The smallest absolute Gasteiger partial charge is 0.259 e. The molecule has 7 heteroatoms. The Hall–Kier alpha value is -0.720. The summed E-state index contributed by atoms with van der Waals surface area (Å²) >= 11 is 2.95. The third-order valence-electron chi connectivity index (χ3n) is 3.00. The van der Waals surface area contributed by atoms with E-state index in [0.29, 0.717) is 13.1 Å². The number of nitrogens with two attached hydrogens (primary N) is 1. The van der Waals surface area contributed by atoms with E-state index < -0.39 is 23.1 Å². The zero-order valence-corrected chi connectivity index (χ0v) is 12.4. The van der Waals surface area contributed by atoms with Gasteiger partial charge in [-0.25, -0.2) is 8.78 Å². The molecule has 0 saturated carbocycles. The summed E-state index contributed by atoms with van der Waals surface area (Å²) in [7, 11) is 0. The largest absolute Gasteiger partial charge is 0.337 e. The Labute approximate surface area is 124 Å². The molecule has 1 amide bonds. The molecule has 19 heavy (non-hydrogen) atoms. The summed E-state index contributed by atoms with van der Waals surface area (Å²) in [5, 5.41) is 0. The zero-order chi connectivity index (χ0) is 13.3. The van der Waals surface area contributed by atoms with Crippen molar-refractivity contribution in [2.45, 2.75) is 18.9 Å². The van der Waals surface area contributed by atoms with Gasteiger partial charge in [-0.05, 0) is 40.9 Å². The Bertz CT molecular complexity index is 487. The number of benzene rings is 1. The van der Waals surface area contributed by atoms with E-state index in [9.17, 15) is 13.6 Å². The van der Waals surface area contributed by atoms with Crippen molar-refractivity contribution in [2.24, 2.45) is 5.73 Å². The molecule has 2 N–H and O–H groups in total. The highest BCUT2D eigenvalue weighted by Gasteiger charge is 2.27. The van der Waals surface area contributed by atoms with E-state index in [0.717, 1.165) is 18.9 Å². The fourth-order valence-electron chi connectivity index (χ4n) is 2.08. The lowest BCUT2D eigenvalue weighted by Gasteiger charge is -2.31. The lowest BCUT2D eigenvalue weighted by Crippen LogP contribution is -2.46. The van der Waals surface area contributed by atoms with Crippen molar-refractivity contribution in [1.82, 2.24) is 4.90 Å². The van der Waals surface area contributed by atoms with Crippen LogP contribution >= 0.6 is 28.3 Å². The third kappa shape index (κ3) is 3.43. The first-order chi connectivity index (χ1) is 8.50. The van der Waals surface area contributed by atoms with Crippen molar-refractivity contribution in [3.05, 3.63) is 33.8 Å². The number of nitrogens with zero attached hydrogens (tertiary/aromatic N) is 1. The predicted octanol–water partition coefficient (Wildman–Crippen LogP) is 2.71. The molecule has 1 aliphatic heterocycles. The summed E-state index contributed by atoms with van der Waals surface area (Å²) in [6.45, 7) is 0.822. The molecule has 0 bridgehead atoms. The quantitative estimate of drug-likeness (QED) is 0.787. The summed E-state index contributed by atoms with van der Waals surface area (Å²) in [6, 6.07) is 2.19. The van der Waals surface area contributed by atoms with Crippen LogP contribution in [0.2, 0.25) is 0 Å². The van der Waals surface area contributed by atoms with Crippen LogP contribution in [0, 0.1) is 11.6 Å². The van der Waals surface area contributed by atoms with Crippen molar-refractivity contribution in [2.75, 3.05) is 13.1 Å². The molecule has 1 fully saturated rings. The Kier molecular flexibility index (Phi) is 5.70. The van der Waals surface area contributed by atoms with Gasteiger partial charge in [-0.2, -0.15) is 0 Å². The lowest BCUT2D eigenvalue weighted by molar-refractivity contribution is 0.0698. The van der Waals surface area contributed by atoms with Crippen LogP contribution in [0.3, 0.4) is 0 Å². The van der Waals surface area contributed by atoms with E-state index >= 15 is 0 Å². The molecule has 0 aromatic heterocycles. The van der Waals surface area contributed by atoms with Crippen LogP contribution in [0.1, 0.15) is 23.2 Å². The summed E-state index contributed by atoms with van der Waals surface area (Å²) in [5.41, 5.74) is 5.24. The van der Waals surface area contributed by atoms with Crippen molar-refractivity contribution in [3.8, 4) is 0 Å². The second-order valence-electron chi connectivity index (χ2n) is 4.37. The highest BCUT2D eigenvalue weighted by molar-refractivity contribution is 9.10.